The molecule has 136 valence electrons. The monoisotopic (exact) mass is 344 g/mol. The summed E-state index contributed by atoms with van der Waals surface area (Å²) in [5.74, 6) is 0.909. The molecule has 3 rings (SSSR count). The zero-order valence-electron chi connectivity index (χ0n) is 15.2. The Morgan fingerprint density at radius 2 is 2.12 bits per heavy atom. The van der Waals surface area contributed by atoms with Crippen molar-refractivity contribution >= 4 is 11.9 Å². The third-order valence-electron chi connectivity index (χ3n) is 5.11. The molecule has 2 N–H and O–H groups in total. The number of likely N-dealkylation sites (tertiary alicyclic amines) is 1. The van der Waals surface area contributed by atoms with Gasteiger partial charge in [0.25, 0.3) is 5.91 Å². The van der Waals surface area contributed by atoms with Crippen LogP contribution in [-0.2, 0) is 11.3 Å². The molecule has 2 saturated heterocycles. The SMILES string of the molecule is CCNC(=NCc1ccc(C(=O)NC)cc1)N1CCC2(CCOC2)C1. The van der Waals surface area contributed by atoms with E-state index in [1.165, 1.54) is 6.42 Å². The van der Waals surface area contributed by atoms with Gasteiger partial charge < -0.3 is 20.3 Å². The van der Waals surface area contributed by atoms with Crippen LogP contribution in [0.3, 0.4) is 0 Å². The summed E-state index contributed by atoms with van der Waals surface area (Å²) in [6.07, 6.45) is 2.34. The van der Waals surface area contributed by atoms with E-state index in [0.29, 0.717) is 17.5 Å². The largest absolute Gasteiger partial charge is 0.381 e. The van der Waals surface area contributed by atoms with Gasteiger partial charge in [-0.15, -0.1) is 0 Å². The van der Waals surface area contributed by atoms with Gasteiger partial charge in [0.2, 0.25) is 0 Å². The van der Waals surface area contributed by atoms with Gasteiger partial charge in [-0.25, -0.2) is 4.99 Å². The number of rotatable bonds is 4. The number of nitrogens with zero attached hydrogens (tertiary/aromatic N) is 2. The molecule has 2 aliphatic heterocycles. The minimum atomic E-state index is -0.0652. The second-order valence-electron chi connectivity index (χ2n) is 6.92. The molecule has 1 atom stereocenters. The molecule has 6 nitrogen and oxygen atoms in total. The van der Waals surface area contributed by atoms with Gasteiger partial charge in [-0.3, -0.25) is 4.79 Å². The fourth-order valence-electron chi connectivity index (χ4n) is 3.59. The lowest BCUT2D eigenvalue weighted by atomic mass is 9.87. The van der Waals surface area contributed by atoms with Crippen molar-refractivity contribution in [2.75, 3.05) is 39.9 Å². The molecule has 1 unspecified atom stereocenters. The Morgan fingerprint density at radius 1 is 1.32 bits per heavy atom. The Balaban J connectivity index is 1.65. The first-order chi connectivity index (χ1) is 12.2. The van der Waals surface area contributed by atoms with E-state index in [2.05, 4.69) is 22.5 Å². The molecule has 0 aliphatic carbocycles. The number of benzene rings is 1. The highest BCUT2D eigenvalue weighted by Crippen LogP contribution is 2.38. The van der Waals surface area contributed by atoms with Crippen LogP contribution in [0.1, 0.15) is 35.7 Å². The van der Waals surface area contributed by atoms with Crippen molar-refractivity contribution in [1.29, 1.82) is 0 Å². The lowest BCUT2D eigenvalue weighted by molar-refractivity contribution is 0.0963. The number of carbonyl (C=O) groups excluding carboxylic acids is 1. The molecule has 2 fully saturated rings. The maximum Gasteiger partial charge on any atom is 0.251 e. The standard InChI is InChI=1S/C19H28N4O2/c1-3-21-18(23-10-8-19(13-23)9-11-25-14-19)22-12-15-4-6-16(7-5-15)17(24)20-2/h4-7H,3,8-14H2,1-2H3,(H,20,24)(H,21,22). The summed E-state index contributed by atoms with van der Waals surface area (Å²) in [6, 6.07) is 7.62. The fourth-order valence-corrected chi connectivity index (χ4v) is 3.59. The summed E-state index contributed by atoms with van der Waals surface area (Å²) in [5, 5.41) is 6.05. The molecule has 2 heterocycles. The smallest absolute Gasteiger partial charge is 0.251 e. The number of ether oxygens (including phenoxy) is 1. The van der Waals surface area contributed by atoms with Gasteiger partial charge in [0.15, 0.2) is 5.96 Å². The van der Waals surface area contributed by atoms with E-state index < -0.39 is 0 Å². The molecular formula is C19H28N4O2. The Kier molecular flexibility index (Phi) is 5.58. The Labute approximate surface area is 149 Å². The van der Waals surface area contributed by atoms with Crippen LogP contribution < -0.4 is 10.6 Å². The van der Waals surface area contributed by atoms with Crippen molar-refractivity contribution in [3.63, 3.8) is 0 Å². The molecule has 1 spiro atoms. The summed E-state index contributed by atoms with van der Waals surface area (Å²) in [6.45, 7) is 7.38. The van der Waals surface area contributed by atoms with Crippen molar-refractivity contribution in [2.45, 2.75) is 26.3 Å². The van der Waals surface area contributed by atoms with Gasteiger partial charge in [-0.2, -0.15) is 0 Å². The Hall–Kier alpha value is -2.08. The quantitative estimate of drug-likeness (QED) is 0.643. The van der Waals surface area contributed by atoms with Crippen molar-refractivity contribution < 1.29 is 9.53 Å². The van der Waals surface area contributed by atoms with Crippen LogP contribution in [0.15, 0.2) is 29.3 Å². The molecular weight excluding hydrogens is 316 g/mol. The minimum absolute atomic E-state index is 0.0652. The van der Waals surface area contributed by atoms with E-state index in [9.17, 15) is 4.79 Å². The highest BCUT2D eigenvalue weighted by Gasteiger charge is 2.42. The average molecular weight is 344 g/mol. The van der Waals surface area contributed by atoms with Crippen molar-refractivity contribution in [1.82, 2.24) is 15.5 Å². The summed E-state index contributed by atoms with van der Waals surface area (Å²) in [7, 11) is 1.64. The summed E-state index contributed by atoms with van der Waals surface area (Å²) in [5.41, 5.74) is 2.09. The van der Waals surface area contributed by atoms with Gasteiger partial charge in [-0.05, 0) is 37.5 Å². The van der Waals surface area contributed by atoms with Crippen molar-refractivity contribution in [3.8, 4) is 0 Å². The lowest BCUT2D eigenvalue weighted by Crippen LogP contribution is -2.41. The number of aliphatic imine (C=N–C) groups is 1. The van der Waals surface area contributed by atoms with Gasteiger partial charge in [0.05, 0.1) is 13.2 Å². The van der Waals surface area contributed by atoms with Crippen LogP contribution in [0.5, 0.6) is 0 Å². The third-order valence-corrected chi connectivity index (χ3v) is 5.11. The van der Waals surface area contributed by atoms with E-state index >= 15 is 0 Å². The van der Waals surface area contributed by atoms with E-state index in [-0.39, 0.29) is 5.91 Å². The summed E-state index contributed by atoms with van der Waals surface area (Å²) in [4.78, 5) is 18.8. The van der Waals surface area contributed by atoms with E-state index in [1.54, 1.807) is 7.05 Å². The third kappa shape index (κ3) is 4.12. The van der Waals surface area contributed by atoms with Crippen LogP contribution in [0.4, 0.5) is 0 Å². The zero-order chi connectivity index (χ0) is 17.7. The highest BCUT2D eigenvalue weighted by molar-refractivity contribution is 5.93. The van der Waals surface area contributed by atoms with Gasteiger partial charge in [0.1, 0.15) is 0 Å². The van der Waals surface area contributed by atoms with Crippen LogP contribution >= 0.6 is 0 Å². The maximum atomic E-state index is 11.6. The van der Waals surface area contributed by atoms with Gasteiger partial charge >= 0.3 is 0 Å². The van der Waals surface area contributed by atoms with Crippen LogP contribution in [0, 0.1) is 5.41 Å². The molecule has 1 aromatic carbocycles. The van der Waals surface area contributed by atoms with Crippen molar-refractivity contribution in [3.05, 3.63) is 35.4 Å². The normalized spacial score (nSPS) is 23.3. The van der Waals surface area contributed by atoms with Gasteiger partial charge in [0, 0.05) is 44.3 Å². The molecule has 0 saturated carbocycles. The molecule has 2 aliphatic rings. The number of nitrogens with one attached hydrogen (secondary N) is 2. The lowest BCUT2D eigenvalue weighted by Gasteiger charge is -2.25. The first kappa shape index (κ1) is 17.7. The second-order valence-corrected chi connectivity index (χ2v) is 6.92. The molecule has 1 amide bonds. The molecule has 0 radical (unpaired) electrons. The van der Waals surface area contributed by atoms with Crippen LogP contribution in [0.2, 0.25) is 0 Å². The summed E-state index contributed by atoms with van der Waals surface area (Å²) >= 11 is 0. The Bertz CT molecular complexity index is 621. The second kappa shape index (κ2) is 7.87. The maximum absolute atomic E-state index is 11.6. The van der Waals surface area contributed by atoms with E-state index in [0.717, 1.165) is 50.8 Å². The number of carbonyl (C=O) groups is 1. The zero-order valence-corrected chi connectivity index (χ0v) is 15.2. The van der Waals surface area contributed by atoms with Crippen molar-refractivity contribution in [2.24, 2.45) is 10.4 Å². The molecule has 6 heteroatoms. The molecule has 0 aromatic heterocycles. The first-order valence-corrected chi connectivity index (χ1v) is 9.08. The van der Waals surface area contributed by atoms with E-state index in [4.69, 9.17) is 9.73 Å². The Morgan fingerprint density at radius 3 is 2.76 bits per heavy atom. The van der Waals surface area contributed by atoms with Gasteiger partial charge in [-0.1, -0.05) is 12.1 Å². The predicted molar refractivity (Wildman–Crippen MR) is 98.7 cm³/mol. The minimum Gasteiger partial charge on any atom is -0.381 e. The first-order valence-electron chi connectivity index (χ1n) is 9.08. The van der Waals surface area contributed by atoms with E-state index in [1.807, 2.05) is 24.3 Å². The topological polar surface area (TPSA) is 66.0 Å². The average Bonchev–Trinajstić information content (AvgIpc) is 3.28. The number of hydrogen-bond donors (Lipinski definition) is 2. The number of guanidine groups is 1. The predicted octanol–water partition coefficient (Wildman–Crippen LogP) is 1.62. The number of amides is 1. The molecule has 0 bridgehead atoms. The van der Waals surface area contributed by atoms with Crippen LogP contribution in [-0.4, -0.2) is 56.7 Å². The van der Waals surface area contributed by atoms with Crippen LogP contribution in [0.25, 0.3) is 0 Å². The molecule has 1 aromatic rings. The summed E-state index contributed by atoms with van der Waals surface area (Å²) < 4.78 is 5.62. The fraction of sp³-hybridized carbons (Fsp3) is 0.579. The number of hydrogen-bond acceptors (Lipinski definition) is 3. The molecule has 25 heavy (non-hydrogen) atoms. The highest BCUT2D eigenvalue weighted by atomic mass is 16.5.